The molecule has 5 nitrogen and oxygen atoms in total. The Bertz CT molecular complexity index is 738. The molecular formula is C20H28Cl2FN3O2. The number of anilines is 1. The number of ketones is 1. The zero-order chi connectivity index (χ0) is 18.4. The monoisotopic (exact) mass is 431 g/mol. The van der Waals surface area contributed by atoms with Crippen LogP contribution in [0.4, 0.5) is 10.1 Å². The largest absolute Gasteiger partial charge is 0.366 e. The van der Waals surface area contributed by atoms with Crippen molar-refractivity contribution >= 4 is 42.2 Å². The molecule has 28 heavy (non-hydrogen) atoms. The molecule has 1 aliphatic heterocycles. The quantitative estimate of drug-likeness (QED) is 0.747. The van der Waals surface area contributed by atoms with Crippen molar-refractivity contribution in [3.8, 4) is 0 Å². The van der Waals surface area contributed by atoms with E-state index >= 15 is 0 Å². The predicted octanol–water partition coefficient (Wildman–Crippen LogP) is 2.89. The van der Waals surface area contributed by atoms with Gasteiger partial charge in [0.05, 0.1) is 11.6 Å². The smallest absolute Gasteiger partial charge is 0.227 e. The van der Waals surface area contributed by atoms with E-state index in [1.54, 1.807) is 12.1 Å². The minimum atomic E-state index is -0.382. The molecule has 8 heteroatoms. The van der Waals surface area contributed by atoms with Crippen molar-refractivity contribution in [3.05, 3.63) is 29.6 Å². The molecule has 2 bridgehead atoms. The Kier molecular flexibility index (Phi) is 7.34. The molecule has 3 fully saturated rings. The highest BCUT2D eigenvalue weighted by Crippen LogP contribution is 2.48. The number of hydrogen-bond donors (Lipinski definition) is 1. The van der Waals surface area contributed by atoms with Gasteiger partial charge in [0, 0.05) is 37.8 Å². The summed E-state index contributed by atoms with van der Waals surface area (Å²) in [4.78, 5) is 28.2. The molecule has 1 amide bonds. The third-order valence-electron chi connectivity index (χ3n) is 6.55. The Morgan fingerprint density at radius 1 is 1.07 bits per heavy atom. The van der Waals surface area contributed by atoms with Gasteiger partial charge < -0.3 is 15.5 Å². The molecule has 0 aromatic heterocycles. The van der Waals surface area contributed by atoms with Crippen LogP contribution < -0.4 is 10.6 Å². The number of halogens is 3. The van der Waals surface area contributed by atoms with E-state index in [1.165, 1.54) is 19.4 Å². The minimum absolute atomic E-state index is 0. The maximum Gasteiger partial charge on any atom is 0.227 e. The lowest BCUT2D eigenvalue weighted by Gasteiger charge is -2.39. The average Bonchev–Trinajstić information content (AvgIpc) is 3.22. The molecule has 4 unspecified atom stereocenters. The van der Waals surface area contributed by atoms with E-state index < -0.39 is 0 Å². The lowest BCUT2D eigenvalue weighted by molar-refractivity contribution is -0.138. The molecule has 0 spiro atoms. The number of Topliss-reactive ketones (excluding diaryl/α,β-unsaturated/α-hetero) is 1. The van der Waals surface area contributed by atoms with Gasteiger partial charge in [-0.25, -0.2) is 4.39 Å². The molecule has 1 aromatic carbocycles. The summed E-state index contributed by atoms with van der Waals surface area (Å²) < 4.78 is 14.4. The number of benzene rings is 1. The van der Waals surface area contributed by atoms with Crippen LogP contribution in [0.15, 0.2) is 18.2 Å². The van der Waals surface area contributed by atoms with Gasteiger partial charge in [0.25, 0.3) is 0 Å². The Labute approximate surface area is 177 Å². The number of hydrogen-bond acceptors (Lipinski definition) is 4. The second-order valence-corrected chi connectivity index (χ2v) is 7.97. The first-order valence-corrected chi connectivity index (χ1v) is 9.55. The number of piperazine rings is 1. The van der Waals surface area contributed by atoms with Crippen molar-refractivity contribution in [3.63, 3.8) is 0 Å². The van der Waals surface area contributed by atoms with E-state index in [2.05, 4.69) is 0 Å². The van der Waals surface area contributed by atoms with Gasteiger partial charge in [0.1, 0.15) is 5.82 Å². The Morgan fingerprint density at radius 3 is 2.25 bits per heavy atom. The molecule has 2 aliphatic carbocycles. The van der Waals surface area contributed by atoms with Gasteiger partial charge >= 0.3 is 0 Å². The number of nitrogens with two attached hydrogens (primary N) is 1. The molecule has 2 N–H and O–H groups in total. The Morgan fingerprint density at radius 2 is 1.71 bits per heavy atom. The fraction of sp³-hybridized carbons (Fsp3) is 0.600. The standard InChI is InChI=1S/C20H26FN3O2.2ClH/c1-12(25)13-4-5-17(16(21)11-13)23-6-8-24(9-7-23)20(26)18-14-2-3-15(10-14)19(18)22;;/h4-5,11,14-15,18-19H,2-3,6-10,22H2,1H3;2*1H. The molecular weight excluding hydrogens is 404 g/mol. The molecule has 2 saturated carbocycles. The second kappa shape index (κ2) is 8.97. The molecule has 1 heterocycles. The van der Waals surface area contributed by atoms with Crippen LogP contribution in [-0.2, 0) is 4.79 Å². The lowest BCUT2D eigenvalue weighted by atomic mass is 9.84. The van der Waals surface area contributed by atoms with Gasteiger partial charge in [-0.2, -0.15) is 0 Å². The summed E-state index contributed by atoms with van der Waals surface area (Å²) >= 11 is 0. The molecule has 4 atom stereocenters. The van der Waals surface area contributed by atoms with Crippen LogP contribution in [-0.4, -0.2) is 48.8 Å². The maximum atomic E-state index is 14.4. The van der Waals surface area contributed by atoms with E-state index in [1.807, 2.05) is 9.80 Å². The summed E-state index contributed by atoms with van der Waals surface area (Å²) in [6.07, 6.45) is 3.40. The third kappa shape index (κ3) is 4.00. The summed E-state index contributed by atoms with van der Waals surface area (Å²) in [7, 11) is 0. The SMILES string of the molecule is CC(=O)c1ccc(N2CCN(C(=O)C3C4CCC(C4)C3N)CC2)c(F)c1.Cl.Cl. The number of fused-ring (bicyclic) bond motifs is 2. The van der Waals surface area contributed by atoms with E-state index in [0.29, 0.717) is 49.3 Å². The fourth-order valence-corrected chi connectivity index (χ4v) is 5.06. The summed E-state index contributed by atoms with van der Waals surface area (Å²) in [5.41, 5.74) is 7.19. The molecule has 3 aliphatic rings. The molecule has 0 radical (unpaired) electrons. The van der Waals surface area contributed by atoms with Crippen molar-refractivity contribution in [2.24, 2.45) is 23.5 Å². The highest BCUT2D eigenvalue weighted by atomic mass is 35.5. The number of nitrogens with zero attached hydrogens (tertiary/aromatic N) is 2. The van der Waals surface area contributed by atoms with Gasteiger partial charge in [-0.3, -0.25) is 9.59 Å². The van der Waals surface area contributed by atoms with Crippen LogP contribution >= 0.6 is 24.8 Å². The van der Waals surface area contributed by atoms with Crippen LogP contribution in [0.25, 0.3) is 0 Å². The second-order valence-electron chi connectivity index (χ2n) is 7.97. The Balaban J connectivity index is 0.00000140. The topological polar surface area (TPSA) is 66.6 Å². The zero-order valence-corrected chi connectivity index (χ0v) is 17.6. The average molecular weight is 432 g/mol. The van der Waals surface area contributed by atoms with Gasteiger partial charge in [-0.1, -0.05) is 0 Å². The van der Waals surface area contributed by atoms with Crippen LogP contribution in [0, 0.1) is 23.6 Å². The van der Waals surface area contributed by atoms with Gasteiger partial charge in [-0.15, -0.1) is 24.8 Å². The van der Waals surface area contributed by atoms with E-state index in [4.69, 9.17) is 5.73 Å². The normalized spacial score (nSPS) is 28.5. The van der Waals surface area contributed by atoms with E-state index in [-0.39, 0.29) is 54.3 Å². The highest BCUT2D eigenvalue weighted by molar-refractivity contribution is 5.94. The van der Waals surface area contributed by atoms with Crippen molar-refractivity contribution in [1.82, 2.24) is 4.90 Å². The molecule has 4 rings (SSSR count). The summed E-state index contributed by atoms with van der Waals surface area (Å²) in [6, 6.07) is 4.63. The predicted molar refractivity (Wildman–Crippen MR) is 112 cm³/mol. The van der Waals surface area contributed by atoms with Crippen LogP contribution in [0.2, 0.25) is 0 Å². The van der Waals surface area contributed by atoms with Gasteiger partial charge in [0.2, 0.25) is 5.91 Å². The molecule has 1 saturated heterocycles. The highest BCUT2D eigenvalue weighted by Gasteiger charge is 2.50. The zero-order valence-electron chi connectivity index (χ0n) is 16.0. The van der Waals surface area contributed by atoms with Crippen LogP contribution in [0.1, 0.15) is 36.5 Å². The molecule has 1 aromatic rings. The first-order chi connectivity index (χ1) is 12.5. The summed E-state index contributed by atoms with van der Waals surface area (Å²) in [5.74, 6) is 0.616. The number of carbonyl (C=O) groups is 2. The number of rotatable bonds is 3. The lowest BCUT2D eigenvalue weighted by Crippen LogP contribution is -2.54. The van der Waals surface area contributed by atoms with E-state index in [0.717, 1.165) is 12.8 Å². The van der Waals surface area contributed by atoms with Crippen LogP contribution in [0.3, 0.4) is 0 Å². The first kappa shape index (κ1) is 22.9. The number of carbonyl (C=O) groups excluding carboxylic acids is 2. The van der Waals surface area contributed by atoms with Crippen molar-refractivity contribution in [2.45, 2.75) is 32.2 Å². The van der Waals surface area contributed by atoms with E-state index in [9.17, 15) is 14.0 Å². The molecule has 156 valence electrons. The fourth-order valence-electron chi connectivity index (χ4n) is 5.06. The van der Waals surface area contributed by atoms with Crippen molar-refractivity contribution in [2.75, 3.05) is 31.1 Å². The number of amides is 1. The maximum absolute atomic E-state index is 14.4. The Hall–Kier alpha value is -1.37. The van der Waals surface area contributed by atoms with Gasteiger partial charge in [-0.05, 0) is 56.2 Å². The van der Waals surface area contributed by atoms with Crippen LogP contribution in [0.5, 0.6) is 0 Å². The first-order valence-electron chi connectivity index (χ1n) is 9.55. The summed E-state index contributed by atoms with van der Waals surface area (Å²) in [5, 5.41) is 0. The van der Waals surface area contributed by atoms with Crippen molar-refractivity contribution in [1.29, 1.82) is 0 Å². The third-order valence-corrected chi connectivity index (χ3v) is 6.55. The van der Waals surface area contributed by atoms with Crippen molar-refractivity contribution < 1.29 is 14.0 Å². The van der Waals surface area contributed by atoms with Gasteiger partial charge in [0.15, 0.2) is 5.78 Å². The summed E-state index contributed by atoms with van der Waals surface area (Å²) in [6.45, 7) is 3.80. The minimum Gasteiger partial charge on any atom is -0.366 e.